The van der Waals surface area contributed by atoms with E-state index in [1.165, 1.54) is 23.9 Å². The summed E-state index contributed by atoms with van der Waals surface area (Å²) in [4.78, 5) is 24.4. The van der Waals surface area contributed by atoms with Crippen LogP contribution in [-0.2, 0) is 4.79 Å². The third kappa shape index (κ3) is 5.34. The Kier molecular flexibility index (Phi) is 6.29. The largest absolute Gasteiger partial charge is 0.481 e. The first-order chi connectivity index (χ1) is 13.5. The predicted octanol–water partition coefficient (Wildman–Crippen LogP) is 5.15. The molecule has 0 spiro atoms. The highest BCUT2D eigenvalue weighted by Crippen LogP contribution is 2.29. The number of hydrogen-bond donors (Lipinski definition) is 1. The fourth-order valence-electron chi connectivity index (χ4n) is 2.38. The molecular formula is C21H18N2O4S. The second kappa shape index (κ2) is 9.05. The molecule has 142 valence electrons. The van der Waals surface area contributed by atoms with Gasteiger partial charge in [-0.15, -0.1) is 0 Å². The summed E-state index contributed by atoms with van der Waals surface area (Å²) in [5.41, 5.74) is 0.732. The number of non-ortho nitro benzene ring substituents is 1. The third-order valence-corrected chi connectivity index (χ3v) is 4.85. The highest BCUT2D eigenvalue weighted by atomic mass is 32.2. The molecule has 0 fully saturated rings. The van der Waals surface area contributed by atoms with Gasteiger partial charge in [-0.05, 0) is 55.5 Å². The molecule has 0 radical (unpaired) electrons. The number of nitro groups is 1. The molecule has 1 N–H and O–H groups in total. The Labute approximate surface area is 166 Å². The number of nitrogens with one attached hydrogen (secondary N) is 1. The van der Waals surface area contributed by atoms with Crippen molar-refractivity contribution in [3.8, 4) is 5.75 Å². The summed E-state index contributed by atoms with van der Waals surface area (Å²) in [6, 6.07) is 22.9. The third-order valence-electron chi connectivity index (χ3n) is 3.83. The zero-order valence-electron chi connectivity index (χ0n) is 15.1. The minimum atomic E-state index is -0.628. The Hall–Kier alpha value is -3.32. The molecule has 0 saturated carbocycles. The van der Waals surface area contributed by atoms with Crippen LogP contribution in [0.5, 0.6) is 5.75 Å². The fraction of sp³-hybridized carbons (Fsp3) is 0.0952. The quantitative estimate of drug-likeness (QED) is 0.443. The lowest BCUT2D eigenvalue weighted by Crippen LogP contribution is -2.30. The van der Waals surface area contributed by atoms with Gasteiger partial charge in [0.2, 0.25) is 0 Å². The van der Waals surface area contributed by atoms with E-state index in [9.17, 15) is 14.9 Å². The SMILES string of the molecule is C[C@H](Oc1ccccc1)C(=O)Nc1ccc(Sc2ccc([N+](=O)[O-])cc2)cc1. The molecule has 0 aliphatic heterocycles. The molecule has 0 saturated heterocycles. The maximum atomic E-state index is 12.3. The average molecular weight is 394 g/mol. The van der Waals surface area contributed by atoms with Crippen LogP contribution in [0.4, 0.5) is 11.4 Å². The van der Waals surface area contributed by atoms with Crippen molar-refractivity contribution in [3.05, 3.63) is 89.0 Å². The van der Waals surface area contributed by atoms with Gasteiger partial charge in [0.15, 0.2) is 6.10 Å². The number of carbonyl (C=O) groups excluding carboxylic acids is 1. The highest BCUT2D eigenvalue weighted by Gasteiger charge is 2.14. The number of ether oxygens (including phenoxy) is 1. The number of para-hydroxylation sites is 1. The molecule has 1 amide bonds. The molecule has 0 heterocycles. The van der Waals surface area contributed by atoms with Crippen molar-refractivity contribution in [2.24, 2.45) is 0 Å². The number of benzene rings is 3. The zero-order valence-corrected chi connectivity index (χ0v) is 15.9. The molecule has 0 unspecified atom stereocenters. The fourth-order valence-corrected chi connectivity index (χ4v) is 3.20. The normalized spacial score (nSPS) is 11.5. The van der Waals surface area contributed by atoms with E-state index < -0.39 is 11.0 Å². The van der Waals surface area contributed by atoms with E-state index in [-0.39, 0.29) is 11.6 Å². The molecule has 0 aliphatic carbocycles. The van der Waals surface area contributed by atoms with Gasteiger partial charge in [0.25, 0.3) is 11.6 Å². The number of amides is 1. The second-order valence-corrected chi connectivity index (χ2v) is 7.09. The van der Waals surface area contributed by atoms with Gasteiger partial charge >= 0.3 is 0 Å². The van der Waals surface area contributed by atoms with Crippen molar-refractivity contribution in [2.75, 3.05) is 5.32 Å². The average Bonchev–Trinajstić information content (AvgIpc) is 2.70. The van der Waals surface area contributed by atoms with E-state index in [1.54, 1.807) is 43.3 Å². The van der Waals surface area contributed by atoms with E-state index >= 15 is 0 Å². The minimum absolute atomic E-state index is 0.0641. The number of hydrogen-bond acceptors (Lipinski definition) is 5. The van der Waals surface area contributed by atoms with E-state index in [4.69, 9.17) is 4.74 Å². The van der Waals surface area contributed by atoms with Crippen molar-refractivity contribution in [1.29, 1.82) is 0 Å². The Bertz CT molecular complexity index is 944. The van der Waals surface area contributed by atoms with Crippen LogP contribution >= 0.6 is 11.8 Å². The van der Waals surface area contributed by atoms with Crippen LogP contribution in [0.3, 0.4) is 0 Å². The maximum Gasteiger partial charge on any atom is 0.269 e. The summed E-state index contributed by atoms with van der Waals surface area (Å²) in [7, 11) is 0. The van der Waals surface area contributed by atoms with Crippen molar-refractivity contribution >= 4 is 29.0 Å². The molecule has 1 atom stereocenters. The van der Waals surface area contributed by atoms with Crippen LogP contribution in [0.15, 0.2) is 88.7 Å². The Morgan fingerprint density at radius 1 is 0.964 bits per heavy atom. The standard InChI is InChI=1S/C21H18N2O4S/c1-15(27-18-5-3-2-4-6-18)21(24)22-16-7-11-19(12-8-16)28-20-13-9-17(10-14-20)23(25)26/h2-15H,1H3,(H,22,24)/t15-/m0/s1. The summed E-state index contributed by atoms with van der Waals surface area (Å²) < 4.78 is 5.61. The molecule has 0 aromatic heterocycles. The summed E-state index contributed by atoms with van der Waals surface area (Å²) in [5, 5.41) is 13.5. The van der Waals surface area contributed by atoms with Crippen molar-refractivity contribution in [2.45, 2.75) is 22.8 Å². The van der Waals surface area contributed by atoms with Crippen LogP contribution in [0.1, 0.15) is 6.92 Å². The van der Waals surface area contributed by atoms with Gasteiger partial charge in [-0.2, -0.15) is 0 Å². The smallest absolute Gasteiger partial charge is 0.269 e. The number of carbonyl (C=O) groups is 1. The lowest BCUT2D eigenvalue weighted by Gasteiger charge is -2.14. The topological polar surface area (TPSA) is 81.5 Å². The molecule has 0 aliphatic rings. The molecule has 0 bridgehead atoms. The second-order valence-electron chi connectivity index (χ2n) is 5.94. The Morgan fingerprint density at radius 2 is 1.54 bits per heavy atom. The monoisotopic (exact) mass is 394 g/mol. The molecule has 6 nitrogen and oxygen atoms in total. The highest BCUT2D eigenvalue weighted by molar-refractivity contribution is 7.99. The molecule has 7 heteroatoms. The van der Waals surface area contributed by atoms with Crippen molar-refractivity contribution in [3.63, 3.8) is 0 Å². The first-order valence-corrected chi connectivity index (χ1v) is 9.38. The molecule has 3 rings (SSSR count). The van der Waals surface area contributed by atoms with Gasteiger partial charge in [0, 0.05) is 27.6 Å². The zero-order chi connectivity index (χ0) is 19.9. The molecule has 3 aromatic carbocycles. The first-order valence-electron chi connectivity index (χ1n) is 8.56. The lowest BCUT2D eigenvalue weighted by atomic mass is 10.3. The van der Waals surface area contributed by atoms with E-state index in [1.807, 2.05) is 30.3 Å². The van der Waals surface area contributed by atoms with Crippen LogP contribution in [0.2, 0.25) is 0 Å². The first kappa shape index (κ1) is 19.4. The van der Waals surface area contributed by atoms with Gasteiger partial charge in [0.1, 0.15) is 5.75 Å². The minimum Gasteiger partial charge on any atom is -0.481 e. The van der Waals surface area contributed by atoms with Crippen molar-refractivity contribution < 1.29 is 14.5 Å². The van der Waals surface area contributed by atoms with Crippen LogP contribution in [0.25, 0.3) is 0 Å². The molecule has 3 aromatic rings. The maximum absolute atomic E-state index is 12.3. The van der Waals surface area contributed by atoms with Gasteiger partial charge in [0.05, 0.1) is 4.92 Å². The lowest BCUT2D eigenvalue weighted by molar-refractivity contribution is -0.384. The molecular weight excluding hydrogens is 376 g/mol. The Balaban J connectivity index is 1.56. The summed E-state index contributed by atoms with van der Waals surface area (Å²) in [6.07, 6.45) is -0.628. The van der Waals surface area contributed by atoms with Crippen LogP contribution in [-0.4, -0.2) is 16.9 Å². The van der Waals surface area contributed by atoms with E-state index in [0.29, 0.717) is 11.4 Å². The number of anilines is 1. The Morgan fingerprint density at radius 3 is 2.11 bits per heavy atom. The van der Waals surface area contributed by atoms with Crippen LogP contribution in [0, 0.1) is 10.1 Å². The summed E-state index contributed by atoms with van der Waals surface area (Å²) in [5.74, 6) is 0.402. The van der Waals surface area contributed by atoms with Crippen LogP contribution < -0.4 is 10.1 Å². The van der Waals surface area contributed by atoms with Gasteiger partial charge in [-0.3, -0.25) is 14.9 Å². The predicted molar refractivity (Wildman–Crippen MR) is 109 cm³/mol. The van der Waals surface area contributed by atoms with Gasteiger partial charge in [-0.25, -0.2) is 0 Å². The van der Waals surface area contributed by atoms with Gasteiger partial charge < -0.3 is 10.1 Å². The number of rotatable bonds is 7. The number of nitro benzene ring substituents is 1. The van der Waals surface area contributed by atoms with E-state index in [0.717, 1.165) is 9.79 Å². The van der Waals surface area contributed by atoms with E-state index in [2.05, 4.69) is 5.32 Å². The summed E-state index contributed by atoms with van der Waals surface area (Å²) >= 11 is 1.48. The summed E-state index contributed by atoms with van der Waals surface area (Å²) in [6.45, 7) is 1.70. The van der Waals surface area contributed by atoms with Crippen molar-refractivity contribution in [1.82, 2.24) is 0 Å². The molecule has 28 heavy (non-hydrogen) atoms. The van der Waals surface area contributed by atoms with Gasteiger partial charge in [-0.1, -0.05) is 30.0 Å². The number of nitrogens with zero attached hydrogens (tertiary/aromatic N) is 1.